The third kappa shape index (κ3) is 4.29. The van der Waals surface area contributed by atoms with Crippen molar-refractivity contribution in [3.8, 4) is 22.8 Å². The van der Waals surface area contributed by atoms with Gasteiger partial charge in [0, 0.05) is 30.9 Å². The van der Waals surface area contributed by atoms with Crippen molar-refractivity contribution in [1.82, 2.24) is 29.4 Å². The van der Waals surface area contributed by atoms with Crippen molar-refractivity contribution in [2.24, 2.45) is 0 Å². The second-order valence-corrected chi connectivity index (χ2v) is 7.66. The molecule has 0 atom stereocenters. The Balaban J connectivity index is 1.41. The molecule has 0 bridgehead atoms. The summed E-state index contributed by atoms with van der Waals surface area (Å²) < 4.78 is 3.51. The Morgan fingerprint density at radius 1 is 0.848 bits per heavy atom. The monoisotopic (exact) mass is 434 g/mol. The van der Waals surface area contributed by atoms with Crippen molar-refractivity contribution in [1.29, 1.82) is 0 Å². The van der Waals surface area contributed by atoms with E-state index in [1.807, 2.05) is 97.2 Å². The molecule has 2 aromatic heterocycles. The first-order chi connectivity index (χ1) is 16.2. The number of hydrogen-bond donors (Lipinski definition) is 0. The van der Waals surface area contributed by atoms with Gasteiger partial charge in [-0.05, 0) is 24.3 Å². The number of carbonyl (C=O) groups excluding carboxylic acids is 1. The summed E-state index contributed by atoms with van der Waals surface area (Å²) in [6.07, 6.45) is 3.69. The predicted molar refractivity (Wildman–Crippen MR) is 126 cm³/mol. The molecule has 2 heterocycles. The van der Waals surface area contributed by atoms with Crippen LogP contribution in [0.15, 0.2) is 103 Å². The molecule has 162 valence electrons. The van der Waals surface area contributed by atoms with Crippen LogP contribution in [-0.2, 0) is 6.54 Å². The van der Waals surface area contributed by atoms with Crippen LogP contribution in [0.1, 0.15) is 16.2 Å². The Hall–Kier alpha value is -4.52. The quantitative estimate of drug-likeness (QED) is 0.397. The van der Waals surface area contributed by atoms with E-state index in [1.165, 1.54) is 0 Å². The normalized spacial score (nSPS) is 10.8. The SMILES string of the molecule is CN(Cc1cnn(-c2ccccc2)c1)C(=O)c1nc(-c2ccccc2)n(-c2ccccc2)n1. The molecule has 0 fully saturated rings. The first-order valence-electron chi connectivity index (χ1n) is 10.6. The largest absolute Gasteiger partial charge is 0.334 e. The molecular weight excluding hydrogens is 412 g/mol. The Kier molecular flexibility index (Phi) is 5.51. The van der Waals surface area contributed by atoms with Crippen molar-refractivity contribution in [2.75, 3.05) is 7.05 Å². The molecule has 33 heavy (non-hydrogen) atoms. The van der Waals surface area contributed by atoms with Gasteiger partial charge < -0.3 is 4.90 Å². The van der Waals surface area contributed by atoms with Gasteiger partial charge in [-0.1, -0.05) is 66.7 Å². The van der Waals surface area contributed by atoms with E-state index in [9.17, 15) is 4.79 Å². The van der Waals surface area contributed by atoms with Crippen LogP contribution in [0.2, 0.25) is 0 Å². The number of carbonyl (C=O) groups is 1. The van der Waals surface area contributed by atoms with Crippen LogP contribution < -0.4 is 0 Å². The molecule has 5 rings (SSSR count). The van der Waals surface area contributed by atoms with E-state index in [0.717, 1.165) is 22.5 Å². The summed E-state index contributed by atoms with van der Waals surface area (Å²) in [6, 6.07) is 29.3. The van der Waals surface area contributed by atoms with Gasteiger partial charge in [0.05, 0.1) is 17.6 Å². The van der Waals surface area contributed by atoms with E-state index in [4.69, 9.17) is 0 Å². The van der Waals surface area contributed by atoms with Crippen molar-refractivity contribution >= 4 is 5.91 Å². The predicted octanol–water partition coefficient (Wildman–Crippen LogP) is 4.39. The fourth-order valence-corrected chi connectivity index (χ4v) is 3.61. The molecule has 7 heteroatoms. The second-order valence-electron chi connectivity index (χ2n) is 7.66. The van der Waals surface area contributed by atoms with Gasteiger partial charge in [-0.15, -0.1) is 5.10 Å². The Labute approximate surface area is 191 Å². The molecule has 0 saturated heterocycles. The minimum absolute atomic E-state index is 0.149. The lowest BCUT2D eigenvalue weighted by atomic mass is 10.2. The van der Waals surface area contributed by atoms with Crippen molar-refractivity contribution < 1.29 is 4.79 Å². The molecule has 3 aromatic carbocycles. The van der Waals surface area contributed by atoms with Crippen molar-refractivity contribution in [3.63, 3.8) is 0 Å². The van der Waals surface area contributed by atoms with Gasteiger partial charge in [-0.2, -0.15) is 5.10 Å². The number of para-hydroxylation sites is 2. The van der Waals surface area contributed by atoms with Crippen LogP contribution in [0.4, 0.5) is 0 Å². The lowest BCUT2D eigenvalue weighted by molar-refractivity contribution is 0.0773. The van der Waals surface area contributed by atoms with Gasteiger partial charge in [0.2, 0.25) is 5.82 Å². The average Bonchev–Trinajstić information content (AvgIpc) is 3.53. The fourth-order valence-electron chi connectivity index (χ4n) is 3.61. The first-order valence-corrected chi connectivity index (χ1v) is 10.6. The molecule has 0 aliphatic rings. The summed E-state index contributed by atoms with van der Waals surface area (Å²) in [5, 5.41) is 8.98. The van der Waals surface area contributed by atoms with Gasteiger partial charge in [0.15, 0.2) is 5.82 Å². The summed E-state index contributed by atoms with van der Waals surface area (Å²) in [4.78, 5) is 19.4. The molecule has 0 radical (unpaired) electrons. The number of hydrogen-bond acceptors (Lipinski definition) is 4. The van der Waals surface area contributed by atoms with Crippen molar-refractivity contribution in [2.45, 2.75) is 6.54 Å². The summed E-state index contributed by atoms with van der Waals surface area (Å²) in [5.41, 5.74) is 3.61. The molecule has 0 saturated carbocycles. The Morgan fingerprint density at radius 3 is 2.12 bits per heavy atom. The summed E-state index contributed by atoms with van der Waals surface area (Å²) in [6.45, 7) is 0.395. The van der Waals surface area contributed by atoms with E-state index in [1.54, 1.807) is 27.5 Å². The molecule has 0 aliphatic heterocycles. The minimum Gasteiger partial charge on any atom is -0.334 e. The van der Waals surface area contributed by atoms with E-state index in [0.29, 0.717) is 12.4 Å². The van der Waals surface area contributed by atoms with Gasteiger partial charge in [-0.3, -0.25) is 4.79 Å². The number of amides is 1. The third-order valence-corrected chi connectivity index (χ3v) is 5.25. The van der Waals surface area contributed by atoms with E-state index >= 15 is 0 Å². The zero-order valence-electron chi connectivity index (χ0n) is 18.1. The average molecular weight is 435 g/mol. The molecule has 0 N–H and O–H groups in total. The molecular formula is C26H22N6O. The zero-order valence-corrected chi connectivity index (χ0v) is 18.1. The topological polar surface area (TPSA) is 68.8 Å². The minimum atomic E-state index is -0.255. The highest BCUT2D eigenvalue weighted by molar-refractivity contribution is 5.90. The summed E-state index contributed by atoms with van der Waals surface area (Å²) in [7, 11) is 1.74. The highest BCUT2D eigenvalue weighted by atomic mass is 16.2. The fraction of sp³-hybridized carbons (Fsp3) is 0.0769. The lowest BCUT2D eigenvalue weighted by Gasteiger charge is -2.13. The number of rotatable bonds is 6. The van der Waals surface area contributed by atoms with Crippen LogP contribution in [-0.4, -0.2) is 42.4 Å². The molecule has 0 unspecified atom stereocenters. The maximum absolute atomic E-state index is 13.2. The standard InChI is InChI=1S/C26H22N6O/c1-30(18-20-17-27-31(19-20)22-13-7-3-8-14-22)26(33)24-28-25(21-11-5-2-6-12-21)32(29-24)23-15-9-4-10-16-23/h2-17,19H,18H2,1H3. The van der Waals surface area contributed by atoms with Crippen LogP contribution in [0.3, 0.4) is 0 Å². The van der Waals surface area contributed by atoms with Gasteiger partial charge >= 0.3 is 0 Å². The maximum atomic E-state index is 13.2. The van der Waals surface area contributed by atoms with Gasteiger partial charge in [0.25, 0.3) is 5.91 Å². The van der Waals surface area contributed by atoms with Crippen LogP contribution in [0.25, 0.3) is 22.8 Å². The van der Waals surface area contributed by atoms with Crippen LogP contribution in [0, 0.1) is 0 Å². The van der Waals surface area contributed by atoms with E-state index < -0.39 is 0 Å². The molecule has 5 aromatic rings. The summed E-state index contributed by atoms with van der Waals surface area (Å²) in [5.74, 6) is 0.514. The van der Waals surface area contributed by atoms with Crippen LogP contribution >= 0.6 is 0 Å². The highest BCUT2D eigenvalue weighted by Crippen LogP contribution is 2.21. The number of aromatic nitrogens is 5. The lowest BCUT2D eigenvalue weighted by Crippen LogP contribution is -2.27. The van der Waals surface area contributed by atoms with Gasteiger partial charge in [-0.25, -0.2) is 14.3 Å². The molecule has 7 nitrogen and oxygen atoms in total. The number of benzene rings is 3. The molecule has 1 amide bonds. The Morgan fingerprint density at radius 2 is 1.45 bits per heavy atom. The van der Waals surface area contributed by atoms with Gasteiger partial charge in [0.1, 0.15) is 0 Å². The van der Waals surface area contributed by atoms with E-state index in [-0.39, 0.29) is 11.7 Å². The highest BCUT2D eigenvalue weighted by Gasteiger charge is 2.22. The molecule has 0 aliphatic carbocycles. The zero-order chi connectivity index (χ0) is 22.6. The van der Waals surface area contributed by atoms with Crippen LogP contribution in [0.5, 0.6) is 0 Å². The van der Waals surface area contributed by atoms with Crippen molar-refractivity contribution in [3.05, 3.63) is 115 Å². The molecule has 0 spiro atoms. The second kappa shape index (κ2) is 8.92. The number of nitrogens with zero attached hydrogens (tertiary/aromatic N) is 6. The van der Waals surface area contributed by atoms with E-state index in [2.05, 4.69) is 15.2 Å². The third-order valence-electron chi connectivity index (χ3n) is 5.25. The maximum Gasteiger partial charge on any atom is 0.293 e. The first kappa shape index (κ1) is 20.4. The smallest absolute Gasteiger partial charge is 0.293 e. The Bertz CT molecular complexity index is 1300. The summed E-state index contributed by atoms with van der Waals surface area (Å²) >= 11 is 0.